The Morgan fingerprint density at radius 3 is 2.78 bits per heavy atom. The van der Waals surface area contributed by atoms with Gasteiger partial charge in [0.1, 0.15) is 22.9 Å². The van der Waals surface area contributed by atoms with E-state index in [2.05, 4.69) is 15.2 Å². The van der Waals surface area contributed by atoms with Gasteiger partial charge in [-0.2, -0.15) is 5.10 Å². The molecule has 3 heterocycles. The van der Waals surface area contributed by atoms with Crippen molar-refractivity contribution in [3.8, 4) is 22.8 Å². The molecule has 1 aliphatic rings. The van der Waals surface area contributed by atoms with Gasteiger partial charge >= 0.3 is 0 Å². The monoisotopic (exact) mass is 426 g/mol. The molecule has 0 radical (unpaired) electrons. The molecule has 0 saturated heterocycles. The number of rotatable bonds is 6. The lowest BCUT2D eigenvalue weighted by molar-refractivity contribution is 0.0729. The first kappa shape index (κ1) is 19.8. The van der Waals surface area contributed by atoms with Crippen LogP contribution in [-0.4, -0.2) is 37.7 Å². The Hall–Kier alpha value is -4.13. The summed E-state index contributed by atoms with van der Waals surface area (Å²) in [5, 5.41) is 17.8. The number of phenolic OH excluding ortho intramolecular Hbond substituents is 1. The van der Waals surface area contributed by atoms with Crippen LogP contribution < -0.4 is 4.74 Å². The Morgan fingerprint density at radius 2 is 2.00 bits per heavy atom. The van der Waals surface area contributed by atoms with E-state index in [1.165, 1.54) is 0 Å². The molecule has 0 fully saturated rings. The van der Waals surface area contributed by atoms with E-state index in [1.807, 2.05) is 49.4 Å². The van der Waals surface area contributed by atoms with E-state index >= 15 is 0 Å². The SMILES string of the molecule is CCOc1cccc(C2c3c(-c4ccccc4O)n[nH]c3C(=O)N2Cc2cccnc2)c1. The molecule has 160 valence electrons. The fraction of sp³-hybridized carbons (Fsp3) is 0.160. The number of ether oxygens (including phenoxy) is 1. The van der Waals surface area contributed by atoms with Gasteiger partial charge in [-0.3, -0.25) is 14.9 Å². The summed E-state index contributed by atoms with van der Waals surface area (Å²) in [6, 6.07) is 18.2. The molecular formula is C25H22N4O3. The molecule has 1 amide bonds. The normalized spacial score (nSPS) is 15.1. The number of carbonyl (C=O) groups excluding carboxylic acids is 1. The van der Waals surface area contributed by atoms with E-state index in [-0.39, 0.29) is 11.7 Å². The largest absolute Gasteiger partial charge is 0.507 e. The summed E-state index contributed by atoms with van der Waals surface area (Å²) in [5.41, 5.74) is 4.14. The summed E-state index contributed by atoms with van der Waals surface area (Å²) in [6.07, 6.45) is 3.47. The van der Waals surface area contributed by atoms with Crippen LogP contribution >= 0.6 is 0 Å². The van der Waals surface area contributed by atoms with Gasteiger partial charge in [-0.25, -0.2) is 0 Å². The number of aromatic hydroxyl groups is 1. The van der Waals surface area contributed by atoms with Crippen molar-refractivity contribution in [3.05, 3.63) is 95.4 Å². The topological polar surface area (TPSA) is 91.3 Å². The van der Waals surface area contributed by atoms with Crippen LogP contribution in [0.15, 0.2) is 73.1 Å². The average Bonchev–Trinajstić information content (AvgIpc) is 3.35. The lowest BCUT2D eigenvalue weighted by Crippen LogP contribution is -2.29. The molecule has 7 heteroatoms. The minimum absolute atomic E-state index is 0.113. The second-order valence-corrected chi connectivity index (χ2v) is 7.58. The third-order valence-electron chi connectivity index (χ3n) is 5.58. The van der Waals surface area contributed by atoms with Crippen LogP contribution in [0.1, 0.15) is 40.1 Å². The van der Waals surface area contributed by atoms with Gasteiger partial charge in [-0.15, -0.1) is 0 Å². The number of aromatic amines is 1. The van der Waals surface area contributed by atoms with E-state index < -0.39 is 6.04 Å². The standard InChI is InChI=1S/C25H22N4O3/c1-2-32-18-9-5-8-17(13-18)24-21-22(19-10-3-4-11-20(19)30)27-28-23(21)25(31)29(24)15-16-7-6-12-26-14-16/h3-14,24,30H,2,15H2,1H3,(H,27,28). The fourth-order valence-corrected chi connectivity index (χ4v) is 4.21. The van der Waals surface area contributed by atoms with Gasteiger partial charge in [0.25, 0.3) is 5.91 Å². The molecule has 2 N–H and O–H groups in total. The summed E-state index contributed by atoms with van der Waals surface area (Å²) >= 11 is 0. The lowest BCUT2D eigenvalue weighted by Gasteiger charge is -2.26. The van der Waals surface area contributed by atoms with Crippen LogP contribution in [0.5, 0.6) is 11.5 Å². The molecular weight excluding hydrogens is 404 g/mol. The van der Waals surface area contributed by atoms with Crippen molar-refractivity contribution in [3.63, 3.8) is 0 Å². The number of para-hydroxylation sites is 1. The van der Waals surface area contributed by atoms with E-state index in [4.69, 9.17) is 4.74 Å². The van der Waals surface area contributed by atoms with Crippen molar-refractivity contribution in [1.29, 1.82) is 0 Å². The quantitative estimate of drug-likeness (QED) is 0.479. The van der Waals surface area contributed by atoms with Crippen LogP contribution in [0, 0.1) is 0 Å². The van der Waals surface area contributed by atoms with Crippen LogP contribution in [0.2, 0.25) is 0 Å². The molecule has 1 aliphatic heterocycles. The number of carbonyl (C=O) groups is 1. The molecule has 0 bridgehead atoms. The molecule has 2 aromatic carbocycles. The van der Waals surface area contributed by atoms with Gasteiger partial charge in [0.2, 0.25) is 0 Å². The van der Waals surface area contributed by atoms with Crippen LogP contribution in [0.25, 0.3) is 11.3 Å². The third kappa shape index (κ3) is 3.37. The first-order chi connectivity index (χ1) is 15.7. The summed E-state index contributed by atoms with van der Waals surface area (Å²) in [7, 11) is 0. The zero-order valence-corrected chi connectivity index (χ0v) is 17.5. The Labute approximate surface area is 185 Å². The molecule has 0 spiro atoms. The van der Waals surface area contributed by atoms with Gasteiger partial charge in [-0.05, 0) is 48.4 Å². The van der Waals surface area contributed by atoms with Crippen molar-refractivity contribution >= 4 is 5.91 Å². The molecule has 7 nitrogen and oxygen atoms in total. The maximum atomic E-state index is 13.5. The number of aromatic nitrogens is 3. The van der Waals surface area contributed by atoms with Crippen molar-refractivity contribution in [2.24, 2.45) is 0 Å². The highest BCUT2D eigenvalue weighted by Gasteiger charge is 2.42. The summed E-state index contributed by atoms with van der Waals surface area (Å²) in [4.78, 5) is 19.5. The highest BCUT2D eigenvalue weighted by Crippen LogP contribution is 2.45. The number of phenols is 1. The zero-order chi connectivity index (χ0) is 22.1. The minimum Gasteiger partial charge on any atom is -0.507 e. The summed E-state index contributed by atoms with van der Waals surface area (Å²) < 4.78 is 5.71. The number of nitrogens with zero attached hydrogens (tertiary/aromatic N) is 3. The van der Waals surface area contributed by atoms with E-state index in [0.29, 0.717) is 30.1 Å². The Morgan fingerprint density at radius 1 is 1.12 bits per heavy atom. The number of amides is 1. The third-order valence-corrected chi connectivity index (χ3v) is 5.58. The fourth-order valence-electron chi connectivity index (χ4n) is 4.21. The summed E-state index contributed by atoms with van der Waals surface area (Å²) in [5.74, 6) is 0.700. The predicted molar refractivity (Wildman–Crippen MR) is 119 cm³/mol. The Bertz CT molecular complexity index is 1270. The van der Waals surface area contributed by atoms with Crippen molar-refractivity contribution in [2.45, 2.75) is 19.5 Å². The molecule has 32 heavy (non-hydrogen) atoms. The van der Waals surface area contributed by atoms with E-state index in [1.54, 1.807) is 35.5 Å². The molecule has 0 aliphatic carbocycles. The van der Waals surface area contributed by atoms with Crippen molar-refractivity contribution in [2.75, 3.05) is 6.61 Å². The van der Waals surface area contributed by atoms with Crippen LogP contribution in [-0.2, 0) is 6.54 Å². The predicted octanol–water partition coefficient (Wildman–Crippen LogP) is 4.32. The highest BCUT2D eigenvalue weighted by molar-refractivity contribution is 6.00. The molecule has 1 atom stereocenters. The van der Waals surface area contributed by atoms with Crippen molar-refractivity contribution < 1.29 is 14.6 Å². The maximum Gasteiger partial charge on any atom is 0.273 e. The molecule has 0 saturated carbocycles. The molecule has 2 aromatic heterocycles. The van der Waals surface area contributed by atoms with Gasteiger partial charge < -0.3 is 14.7 Å². The molecule has 1 unspecified atom stereocenters. The number of benzene rings is 2. The first-order valence-electron chi connectivity index (χ1n) is 10.5. The number of H-pyrrole nitrogens is 1. The Balaban J connectivity index is 1.66. The number of nitrogens with one attached hydrogen (secondary N) is 1. The lowest BCUT2D eigenvalue weighted by atomic mass is 9.95. The maximum absolute atomic E-state index is 13.5. The first-order valence-corrected chi connectivity index (χ1v) is 10.5. The van der Waals surface area contributed by atoms with Gasteiger partial charge in [0.15, 0.2) is 0 Å². The van der Waals surface area contributed by atoms with Gasteiger partial charge in [0.05, 0.1) is 12.6 Å². The van der Waals surface area contributed by atoms with Gasteiger partial charge in [-0.1, -0.05) is 30.3 Å². The highest BCUT2D eigenvalue weighted by atomic mass is 16.5. The average molecular weight is 426 g/mol. The number of hydrogen-bond donors (Lipinski definition) is 2. The summed E-state index contributed by atoms with van der Waals surface area (Å²) in [6.45, 7) is 2.87. The number of hydrogen-bond acceptors (Lipinski definition) is 5. The molecule has 4 aromatic rings. The smallest absolute Gasteiger partial charge is 0.273 e. The van der Waals surface area contributed by atoms with E-state index in [0.717, 1.165) is 22.4 Å². The van der Waals surface area contributed by atoms with Gasteiger partial charge in [0, 0.05) is 30.1 Å². The minimum atomic E-state index is -0.397. The Kier molecular flexibility index (Phi) is 5.07. The number of pyridine rings is 1. The van der Waals surface area contributed by atoms with Crippen LogP contribution in [0.4, 0.5) is 0 Å². The van der Waals surface area contributed by atoms with Crippen LogP contribution in [0.3, 0.4) is 0 Å². The number of fused-ring (bicyclic) bond motifs is 1. The second kappa shape index (κ2) is 8.19. The second-order valence-electron chi connectivity index (χ2n) is 7.58. The van der Waals surface area contributed by atoms with Crippen molar-refractivity contribution in [1.82, 2.24) is 20.1 Å². The van der Waals surface area contributed by atoms with E-state index in [9.17, 15) is 9.90 Å². The zero-order valence-electron chi connectivity index (χ0n) is 17.5. The molecule has 5 rings (SSSR count).